The molecule has 1 radical (unpaired) electrons. The molecule has 0 spiro atoms. The number of benzene rings is 1. The molecular weight excluding hydrogens is 152 g/mol. The van der Waals surface area contributed by atoms with Crippen LogP contribution in [0.2, 0.25) is 0 Å². The maximum atomic E-state index is 3.75. The highest BCUT2D eigenvalue weighted by Gasteiger charge is 1.90. The summed E-state index contributed by atoms with van der Waals surface area (Å²) in [5.41, 5.74) is 1.42. The smallest absolute Gasteiger partial charge is 0.00745 e. The largest absolute Gasteiger partial charge is 0.125 e. The van der Waals surface area contributed by atoms with Crippen molar-refractivity contribution in [3.05, 3.63) is 36.1 Å². The van der Waals surface area contributed by atoms with Crippen molar-refractivity contribution in [2.24, 2.45) is 0 Å². The average molecular weight is 165 g/mol. The quantitative estimate of drug-likeness (QED) is 0.617. The molecule has 0 saturated heterocycles. The second kappa shape index (κ2) is 4.45. The van der Waals surface area contributed by atoms with Crippen molar-refractivity contribution in [3.8, 4) is 0 Å². The van der Waals surface area contributed by atoms with Crippen molar-refractivity contribution in [1.82, 2.24) is 0 Å². The van der Waals surface area contributed by atoms with Crippen molar-refractivity contribution in [3.63, 3.8) is 0 Å². The summed E-state index contributed by atoms with van der Waals surface area (Å²) in [5, 5.41) is 0. The van der Waals surface area contributed by atoms with Crippen LogP contribution in [0.5, 0.6) is 0 Å². The van der Waals surface area contributed by atoms with Gasteiger partial charge in [0.25, 0.3) is 0 Å². The third kappa shape index (κ3) is 2.58. The van der Waals surface area contributed by atoms with Gasteiger partial charge in [-0.2, -0.15) is 0 Å². The molecule has 0 aliphatic carbocycles. The Morgan fingerprint density at radius 2 is 1.91 bits per heavy atom. The van der Waals surface area contributed by atoms with Crippen molar-refractivity contribution in [1.29, 1.82) is 0 Å². The van der Waals surface area contributed by atoms with E-state index in [1.54, 1.807) is 11.8 Å². The van der Waals surface area contributed by atoms with Gasteiger partial charge in [-0.15, -0.1) is 11.8 Å². The van der Waals surface area contributed by atoms with Crippen LogP contribution in [-0.2, 0) is 6.42 Å². The van der Waals surface area contributed by atoms with Gasteiger partial charge in [0.2, 0.25) is 0 Å². The van der Waals surface area contributed by atoms with Crippen molar-refractivity contribution >= 4 is 11.8 Å². The molecule has 0 heterocycles. The highest BCUT2D eigenvalue weighted by Crippen LogP contribution is 2.16. The van der Waals surface area contributed by atoms with Crippen LogP contribution >= 0.6 is 11.8 Å². The van der Waals surface area contributed by atoms with Crippen molar-refractivity contribution < 1.29 is 0 Å². The Morgan fingerprint density at radius 3 is 2.36 bits per heavy atom. The normalized spacial score (nSPS) is 10.0. The number of hydrogen-bond donors (Lipinski definition) is 0. The summed E-state index contributed by atoms with van der Waals surface area (Å²) >= 11 is 1.55. The zero-order chi connectivity index (χ0) is 8.10. The number of hydrogen-bond acceptors (Lipinski definition) is 1. The molecule has 11 heavy (non-hydrogen) atoms. The highest BCUT2D eigenvalue weighted by atomic mass is 32.2. The molecule has 1 rings (SSSR count). The van der Waals surface area contributed by atoms with E-state index in [2.05, 4.69) is 37.4 Å². The molecule has 1 heteroatoms. The first-order chi connectivity index (χ1) is 5.36. The van der Waals surface area contributed by atoms with Gasteiger partial charge in [-0.1, -0.05) is 25.5 Å². The van der Waals surface area contributed by atoms with E-state index in [0.29, 0.717) is 0 Å². The molecule has 1 aromatic carbocycles. The Hall–Kier alpha value is -0.430. The minimum atomic E-state index is 1.18. The molecule has 0 saturated carbocycles. The van der Waals surface area contributed by atoms with Crippen LogP contribution in [0.3, 0.4) is 0 Å². The van der Waals surface area contributed by atoms with Gasteiger partial charge in [0.05, 0.1) is 0 Å². The molecule has 0 unspecified atom stereocenters. The van der Waals surface area contributed by atoms with Gasteiger partial charge in [-0.3, -0.25) is 0 Å². The minimum absolute atomic E-state index is 1.18. The summed E-state index contributed by atoms with van der Waals surface area (Å²) in [6, 6.07) is 8.61. The predicted octanol–water partition coefficient (Wildman–Crippen LogP) is 3.52. The number of aryl methyl sites for hydroxylation is 1. The summed E-state index contributed by atoms with van der Waals surface area (Å²) in [4.78, 5) is 1.24. The second-order valence-corrected chi connectivity index (χ2v) is 3.30. The summed E-state index contributed by atoms with van der Waals surface area (Å²) < 4.78 is 0. The Balaban J connectivity index is 2.66. The number of rotatable bonds is 3. The van der Waals surface area contributed by atoms with Gasteiger partial charge in [0, 0.05) is 11.2 Å². The van der Waals surface area contributed by atoms with Crippen LogP contribution < -0.4 is 0 Å². The first-order valence-electron chi connectivity index (χ1n) is 3.87. The lowest BCUT2D eigenvalue weighted by molar-refractivity contribution is 0.920. The van der Waals surface area contributed by atoms with Crippen LogP contribution in [0.1, 0.15) is 18.9 Å². The van der Waals surface area contributed by atoms with E-state index < -0.39 is 0 Å². The monoisotopic (exact) mass is 165 g/mol. The number of thioether (sulfide) groups is 1. The van der Waals surface area contributed by atoms with Crippen LogP contribution in [0.15, 0.2) is 29.2 Å². The second-order valence-electron chi connectivity index (χ2n) is 2.54. The molecular formula is C10H13S. The Bertz CT molecular complexity index is 201. The highest BCUT2D eigenvalue weighted by molar-refractivity contribution is 8.00. The first-order valence-corrected chi connectivity index (χ1v) is 4.86. The molecule has 0 aliphatic rings. The van der Waals surface area contributed by atoms with Crippen LogP contribution in [0.4, 0.5) is 0 Å². The van der Waals surface area contributed by atoms with Gasteiger partial charge in [-0.25, -0.2) is 0 Å². The fourth-order valence-electron chi connectivity index (χ4n) is 1.04. The molecule has 0 aromatic heterocycles. The van der Waals surface area contributed by atoms with E-state index >= 15 is 0 Å². The summed E-state index contributed by atoms with van der Waals surface area (Å²) in [5.74, 6) is 0. The lowest BCUT2D eigenvalue weighted by Gasteiger charge is -1.99. The van der Waals surface area contributed by atoms with E-state index in [0.717, 1.165) is 0 Å². The first kappa shape index (κ1) is 8.66. The predicted molar refractivity (Wildman–Crippen MR) is 51.7 cm³/mol. The molecule has 59 valence electrons. The van der Waals surface area contributed by atoms with Crippen LogP contribution in [-0.4, -0.2) is 0 Å². The molecule has 1 aromatic rings. The van der Waals surface area contributed by atoms with Gasteiger partial charge in [0.15, 0.2) is 0 Å². The van der Waals surface area contributed by atoms with E-state index in [1.807, 2.05) is 0 Å². The third-order valence-corrected chi connectivity index (χ3v) is 2.23. The van der Waals surface area contributed by atoms with Crippen LogP contribution in [0.25, 0.3) is 0 Å². The van der Waals surface area contributed by atoms with Gasteiger partial charge >= 0.3 is 0 Å². The van der Waals surface area contributed by atoms with E-state index in [1.165, 1.54) is 23.3 Å². The van der Waals surface area contributed by atoms with Crippen molar-refractivity contribution in [2.45, 2.75) is 24.7 Å². The molecule has 0 atom stereocenters. The Labute approximate surface area is 73.0 Å². The molecule has 0 fully saturated rings. The van der Waals surface area contributed by atoms with Gasteiger partial charge in [-0.05, 0) is 24.1 Å². The topological polar surface area (TPSA) is 0 Å². The molecule has 0 bridgehead atoms. The average Bonchev–Trinajstić information content (AvgIpc) is 2.07. The zero-order valence-electron chi connectivity index (χ0n) is 6.84. The maximum absolute atomic E-state index is 3.75. The summed E-state index contributed by atoms with van der Waals surface area (Å²) in [7, 11) is 0. The fraction of sp³-hybridized carbons (Fsp3) is 0.300. The maximum Gasteiger partial charge on any atom is 0.00745 e. The van der Waals surface area contributed by atoms with Crippen LogP contribution in [0, 0.1) is 6.26 Å². The lowest BCUT2D eigenvalue weighted by atomic mass is 10.1. The fourth-order valence-corrected chi connectivity index (χ4v) is 1.37. The van der Waals surface area contributed by atoms with E-state index in [4.69, 9.17) is 0 Å². The minimum Gasteiger partial charge on any atom is -0.125 e. The molecule has 0 aliphatic heterocycles. The molecule has 0 N–H and O–H groups in total. The van der Waals surface area contributed by atoms with E-state index in [9.17, 15) is 0 Å². The van der Waals surface area contributed by atoms with Gasteiger partial charge in [0.1, 0.15) is 0 Å². The van der Waals surface area contributed by atoms with E-state index in [-0.39, 0.29) is 0 Å². The SMILES string of the molecule is [CH2]Sc1ccc(CCC)cc1. The summed E-state index contributed by atoms with van der Waals surface area (Å²) in [6.07, 6.45) is 6.15. The molecule has 0 amide bonds. The Morgan fingerprint density at radius 1 is 1.27 bits per heavy atom. The van der Waals surface area contributed by atoms with Gasteiger partial charge < -0.3 is 0 Å². The Kier molecular flexibility index (Phi) is 3.50. The third-order valence-electron chi connectivity index (χ3n) is 1.63. The summed E-state index contributed by atoms with van der Waals surface area (Å²) in [6.45, 7) is 2.20. The zero-order valence-corrected chi connectivity index (χ0v) is 7.66. The molecule has 0 nitrogen and oxygen atoms in total. The lowest BCUT2D eigenvalue weighted by Crippen LogP contribution is -1.81. The van der Waals surface area contributed by atoms with Crippen molar-refractivity contribution in [2.75, 3.05) is 0 Å². The standard InChI is InChI=1S/C10H13S/c1-3-4-9-5-7-10(11-2)8-6-9/h5-8H,2-4H2,1H3.